The third-order valence-corrected chi connectivity index (χ3v) is 3.15. The number of benzene rings is 1. The van der Waals surface area contributed by atoms with E-state index in [4.69, 9.17) is 11.6 Å². The van der Waals surface area contributed by atoms with Gasteiger partial charge in [0.1, 0.15) is 0 Å². The molecule has 0 saturated heterocycles. The van der Waals surface area contributed by atoms with E-state index < -0.39 is 0 Å². The summed E-state index contributed by atoms with van der Waals surface area (Å²) in [5, 5.41) is 16.5. The molecule has 7 heteroatoms. The molecule has 2 heterocycles. The monoisotopic (exact) mass is 288 g/mol. The number of halogens is 1. The number of aromatic nitrogens is 5. The van der Waals surface area contributed by atoms with Crippen LogP contribution in [0.3, 0.4) is 0 Å². The van der Waals surface area contributed by atoms with Crippen LogP contribution in [0.5, 0.6) is 0 Å². The number of aryl methyl sites for hydroxylation is 1. The van der Waals surface area contributed by atoms with Crippen LogP contribution in [0.15, 0.2) is 30.5 Å². The van der Waals surface area contributed by atoms with Crippen LogP contribution in [0.4, 0.5) is 11.6 Å². The van der Waals surface area contributed by atoms with Gasteiger partial charge in [-0.2, -0.15) is 0 Å². The van der Waals surface area contributed by atoms with Crippen LogP contribution in [0, 0.1) is 0 Å². The molecule has 102 valence electrons. The molecule has 0 aliphatic heterocycles. The van der Waals surface area contributed by atoms with Crippen molar-refractivity contribution in [3.63, 3.8) is 0 Å². The number of tetrazole rings is 1. The zero-order chi connectivity index (χ0) is 13.9. The van der Waals surface area contributed by atoms with Gasteiger partial charge in [0.25, 0.3) is 0 Å². The molecule has 0 radical (unpaired) electrons. The lowest BCUT2D eigenvalue weighted by Crippen LogP contribution is -2.05. The predicted octanol–water partition coefficient (Wildman–Crippen LogP) is 3.03. The fourth-order valence-corrected chi connectivity index (χ4v) is 2.17. The van der Waals surface area contributed by atoms with Crippen molar-refractivity contribution in [2.45, 2.75) is 19.9 Å². The van der Waals surface area contributed by atoms with E-state index in [1.54, 1.807) is 10.9 Å². The maximum absolute atomic E-state index is 5.98. The Kier molecular flexibility index (Phi) is 3.47. The van der Waals surface area contributed by atoms with Crippen LogP contribution in [0.1, 0.15) is 13.3 Å². The smallest absolute Gasteiger partial charge is 0.247 e. The fourth-order valence-electron chi connectivity index (χ4n) is 2.01. The zero-order valence-corrected chi connectivity index (χ0v) is 11.7. The van der Waals surface area contributed by atoms with Gasteiger partial charge in [-0.15, -0.1) is 0 Å². The van der Waals surface area contributed by atoms with Gasteiger partial charge in [-0.3, -0.25) is 4.98 Å². The second-order valence-corrected chi connectivity index (χ2v) is 4.81. The predicted molar refractivity (Wildman–Crippen MR) is 78.1 cm³/mol. The van der Waals surface area contributed by atoms with E-state index in [0.29, 0.717) is 11.0 Å². The van der Waals surface area contributed by atoms with Gasteiger partial charge in [0.15, 0.2) is 0 Å². The van der Waals surface area contributed by atoms with Crippen LogP contribution >= 0.6 is 11.6 Å². The molecule has 2 aromatic heterocycles. The Morgan fingerprint density at radius 3 is 3.05 bits per heavy atom. The van der Waals surface area contributed by atoms with E-state index in [1.165, 1.54) is 0 Å². The van der Waals surface area contributed by atoms with E-state index in [0.717, 1.165) is 29.6 Å². The summed E-state index contributed by atoms with van der Waals surface area (Å²) in [6.45, 7) is 2.85. The first kappa shape index (κ1) is 12.8. The van der Waals surface area contributed by atoms with Crippen LogP contribution < -0.4 is 5.32 Å². The van der Waals surface area contributed by atoms with Gasteiger partial charge in [-0.05, 0) is 41.1 Å². The lowest BCUT2D eigenvalue weighted by Gasteiger charge is -2.09. The van der Waals surface area contributed by atoms with Gasteiger partial charge >= 0.3 is 0 Å². The maximum atomic E-state index is 5.98. The number of rotatable bonds is 4. The molecule has 0 amide bonds. The van der Waals surface area contributed by atoms with Gasteiger partial charge in [-0.1, -0.05) is 23.6 Å². The van der Waals surface area contributed by atoms with Crippen LogP contribution in [-0.4, -0.2) is 25.2 Å². The SMILES string of the molecule is CCCn1nnnc1Nc1ccnc2cc(Cl)ccc12. The van der Waals surface area contributed by atoms with E-state index in [2.05, 4.69) is 32.7 Å². The highest BCUT2D eigenvalue weighted by molar-refractivity contribution is 6.31. The zero-order valence-electron chi connectivity index (χ0n) is 10.9. The highest BCUT2D eigenvalue weighted by Gasteiger charge is 2.08. The van der Waals surface area contributed by atoms with Gasteiger partial charge in [-0.25, -0.2) is 4.68 Å². The van der Waals surface area contributed by atoms with Crippen molar-refractivity contribution in [1.29, 1.82) is 0 Å². The average Bonchev–Trinajstić information content (AvgIpc) is 2.86. The number of anilines is 2. The minimum absolute atomic E-state index is 0.620. The molecular formula is C13H13ClN6. The maximum Gasteiger partial charge on any atom is 0.247 e. The molecule has 1 N–H and O–H groups in total. The number of nitrogens with one attached hydrogen (secondary N) is 1. The first-order chi connectivity index (χ1) is 9.78. The number of nitrogens with zero attached hydrogens (tertiary/aromatic N) is 5. The van der Waals surface area contributed by atoms with Crippen molar-refractivity contribution in [3.05, 3.63) is 35.5 Å². The minimum Gasteiger partial charge on any atom is -0.322 e. The lowest BCUT2D eigenvalue weighted by atomic mass is 10.2. The number of hydrogen-bond acceptors (Lipinski definition) is 5. The van der Waals surface area contributed by atoms with E-state index in [9.17, 15) is 0 Å². The molecular weight excluding hydrogens is 276 g/mol. The van der Waals surface area contributed by atoms with Crippen molar-refractivity contribution in [3.8, 4) is 0 Å². The molecule has 0 aliphatic rings. The molecule has 3 aromatic rings. The van der Waals surface area contributed by atoms with E-state index in [-0.39, 0.29) is 0 Å². The molecule has 0 spiro atoms. The van der Waals surface area contributed by atoms with Gasteiger partial charge < -0.3 is 5.32 Å². The van der Waals surface area contributed by atoms with E-state index >= 15 is 0 Å². The first-order valence-electron chi connectivity index (χ1n) is 6.35. The Balaban J connectivity index is 2.00. The van der Waals surface area contributed by atoms with E-state index in [1.807, 2.05) is 24.3 Å². The summed E-state index contributed by atoms with van der Waals surface area (Å²) >= 11 is 5.98. The highest BCUT2D eigenvalue weighted by Crippen LogP contribution is 2.26. The Hall–Kier alpha value is -2.21. The first-order valence-corrected chi connectivity index (χ1v) is 6.73. The third-order valence-electron chi connectivity index (χ3n) is 2.92. The third kappa shape index (κ3) is 2.42. The van der Waals surface area contributed by atoms with Crippen molar-refractivity contribution < 1.29 is 0 Å². The van der Waals surface area contributed by atoms with Crippen molar-refractivity contribution in [1.82, 2.24) is 25.2 Å². The summed E-state index contributed by atoms with van der Waals surface area (Å²) in [5.74, 6) is 0.620. The number of fused-ring (bicyclic) bond motifs is 1. The Labute approximate surface area is 120 Å². The quantitative estimate of drug-likeness (QED) is 0.799. The molecule has 0 fully saturated rings. The molecule has 6 nitrogen and oxygen atoms in total. The molecule has 0 aliphatic carbocycles. The number of hydrogen-bond donors (Lipinski definition) is 1. The van der Waals surface area contributed by atoms with Crippen molar-refractivity contribution >= 4 is 34.1 Å². The fraction of sp³-hybridized carbons (Fsp3) is 0.231. The Bertz CT molecular complexity index is 739. The molecule has 0 unspecified atom stereocenters. The second-order valence-electron chi connectivity index (χ2n) is 4.37. The molecule has 20 heavy (non-hydrogen) atoms. The minimum atomic E-state index is 0.620. The largest absolute Gasteiger partial charge is 0.322 e. The summed E-state index contributed by atoms with van der Waals surface area (Å²) in [6, 6.07) is 7.49. The molecule has 0 atom stereocenters. The molecule has 0 saturated carbocycles. The lowest BCUT2D eigenvalue weighted by molar-refractivity contribution is 0.584. The van der Waals surface area contributed by atoms with Gasteiger partial charge in [0, 0.05) is 23.2 Å². The average molecular weight is 289 g/mol. The van der Waals surface area contributed by atoms with Crippen LogP contribution in [0.25, 0.3) is 10.9 Å². The number of pyridine rings is 1. The topological polar surface area (TPSA) is 68.5 Å². The summed E-state index contributed by atoms with van der Waals surface area (Å²) < 4.78 is 1.74. The normalized spacial score (nSPS) is 10.9. The Morgan fingerprint density at radius 1 is 1.30 bits per heavy atom. The van der Waals surface area contributed by atoms with Crippen molar-refractivity contribution in [2.24, 2.45) is 0 Å². The molecule has 1 aromatic carbocycles. The summed E-state index contributed by atoms with van der Waals surface area (Å²) in [5.41, 5.74) is 1.73. The summed E-state index contributed by atoms with van der Waals surface area (Å²) in [4.78, 5) is 4.31. The summed E-state index contributed by atoms with van der Waals surface area (Å²) in [6.07, 6.45) is 2.70. The second kappa shape index (κ2) is 5.42. The van der Waals surface area contributed by atoms with Gasteiger partial charge in [0.05, 0.1) is 11.2 Å². The molecule has 0 bridgehead atoms. The van der Waals surface area contributed by atoms with Gasteiger partial charge in [0.2, 0.25) is 5.95 Å². The summed E-state index contributed by atoms with van der Waals surface area (Å²) in [7, 11) is 0. The van der Waals surface area contributed by atoms with Crippen LogP contribution in [0.2, 0.25) is 5.02 Å². The molecule has 3 rings (SSSR count). The Morgan fingerprint density at radius 2 is 2.20 bits per heavy atom. The van der Waals surface area contributed by atoms with Crippen molar-refractivity contribution in [2.75, 3.05) is 5.32 Å². The standard InChI is InChI=1S/C13H13ClN6/c1-2-7-20-13(17-18-19-20)16-11-5-6-15-12-8-9(14)3-4-10(11)12/h3-6,8H,2,7H2,1H3,(H,15,16,17,19). The van der Waals surface area contributed by atoms with Crippen LogP contribution in [-0.2, 0) is 6.54 Å². The highest BCUT2D eigenvalue weighted by atomic mass is 35.5.